The van der Waals surface area contributed by atoms with Crippen LogP contribution in [0.25, 0.3) is 0 Å². The van der Waals surface area contributed by atoms with E-state index in [1.165, 1.54) is 4.90 Å². The van der Waals surface area contributed by atoms with Crippen LogP contribution in [0.3, 0.4) is 0 Å². The van der Waals surface area contributed by atoms with Gasteiger partial charge in [-0.3, -0.25) is 9.59 Å². The summed E-state index contributed by atoms with van der Waals surface area (Å²) in [6.07, 6.45) is 0. The highest BCUT2D eigenvalue weighted by molar-refractivity contribution is 6.31. The van der Waals surface area contributed by atoms with Crippen molar-refractivity contribution in [3.63, 3.8) is 0 Å². The lowest BCUT2D eigenvalue weighted by Gasteiger charge is -2.20. The van der Waals surface area contributed by atoms with E-state index in [0.717, 1.165) is 5.56 Å². The number of nitrogens with one attached hydrogen (secondary N) is 1. The molecule has 0 aliphatic carbocycles. The van der Waals surface area contributed by atoms with Gasteiger partial charge in [-0.05, 0) is 24.6 Å². The number of rotatable bonds is 3. The highest BCUT2D eigenvalue weighted by Crippen LogP contribution is 2.18. The van der Waals surface area contributed by atoms with E-state index in [1.807, 2.05) is 13.0 Å². The fourth-order valence-corrected chi connectivity index (χ4v) is 2.63. The molecule has 0 bridgehead atoms. The maximum Gasteiger partial charge on any atom is 0.289 e. The average molecular weight is 334 g/mol. The van der Waals surface area contributed by atoms with Gasteiger partial charge >= 0.3 is 0 Å². The van der Waals surface area contributed by atoms with Crippen molar-refractivity contribution in [1.29, 1.82) is 0 Å². The minimum atomic E-state index is -0.241. The van der Waals surface area contributed by atoms with Gasteiger partial charge in [0.1, 0.15) is 0 Å². The number of nitrogens with zero attached hydrogens (tertiary/aromatic N) is 4. The summed E-state index contributed by atoms with van der Waals surface area (Å²) in [7, 11) is 1.68. The third kappa shape index (κ3) is 2.92. The molecule has 1 aromatic carbocycles. The molecule has 1 aromatic heterocycles. The zero-order chi connectivity index (χ0) is 16.6. The van der Waals surface area contributed by atoms with E-state index in [0.29, 0.717) is 29.5 Å². The van der Waals surface area contributed by atoms with Crippen molar-refractivity contribution in [3.8, 4) is 0 Å². The number of hydrogen-bond acceptors (Lipinski definition) is 4. The Morgan fingerprint density at radius 2 is 2.22 bits per heavy atom. The number of benzene rings is 1. The molecule has 23 heavy (non-hydrogen) atoms. The second kappa shape index (κ2) is 6.00. The Morgan fingerprint density at radius 3 is 2.96 bits per heavy atom. The summed E-state index contributed by atoms with van der Waals surface area (Å²) >= 11 is 6.07. The van der Waals surface area contributed by atoms with Crippen molar-refractivity contribution < 1.29 is 9.59 Å². The molecule has 0 fully saturated rings. The first-order valence-corrected chi connectivity index (χ1v) is 7.57. The van der Waals surface area contributed by atoms with Crippen LogP contribution in [0.15, 0.2) is 18.2 Å². The van der Waals surface area contributed by atoms with Crippen LogP contribution in [0, 0.1) is 6.92 Å². The first kappa shape index (κ1) is 15.5. The van der Waals surface area contributed by atoms with Crippen molar-refractivity contribution in [2.45, 2.75) is 20.0 Å². The fraction of sp³-hybridized carbons (Fsp3) is 0.333. The molecule has 0 saturated carbocycles. The van der Waals surface area contributed by atoms with Gasteiger partial charge in [0.2, 0.25) is 5.82 Å². The average Bonchev–Trinajstić information content (AvgIpc) is 2.94. The van der Waals surface area contributed by atoms with Crippen LogP contribution < -0.4 is 5.32 Å². The Hall–Kier alpha value is -2.41. The molecule has 120 valence electrons. The number of halogens is 1. The van der Waals surface area contributed by atoms with E-state index >= 15 is 0 Å². The quantitative estimate of drug-likeness (QED) is 0.917. The molecular weight excluding hydrogens is 318 g/mol. The number of carbonyl (C=O) groups is 2. The fourth-order valence-electron chi connectivity index (χ4n) is 2.45. The lowest BCUT2D eigenvalue weighted by Crippen LogP contribution is -2.37. The lowest BCUT2D eigenvalue weighted by atomic mass is 10.1. The van der Waals surface area contributed by atoms with Crippen LogP contribution in [0.5, 0.6) is 0 Å². The number of amides is 2. The molecule has 0 spiro atoms. The van der Waals surface area contributed by atoms with Crippen molar-refractivity contribution in [2.24, 2.45) is 0 Å². The molecule has 1 aliphatic rings. The van der Waals surface area contributed by atoms with E-state index in [1.54, 1.807) is 23.7 Å². The van der Waals surface area contributed by atoms with Gasteiger partial charge in [0.25, 0.3) is 11.8 Å². The number of hydrogen-bond donors (Lipinski definition) is 1. The second-order valence-electron chi connectivity index (χ2n) is 5.47. The normalized spacial score (nSPS) is 13.4. The second-order valence-corrected chi connectivity index (χ2v) is 5.88. The monoisotopic (exact) mass is 333 g/mol. The molecule has 0 saturated heterocycles. The maximum absolute atomic E-state index is 12.5. The summed E-state index contributed by atoms with van der Waals surface area (Å²) in [6.45, 7) is 3.28. The highest BCUT2D eigenvalue weighted by atomic mass is 35.5. The standard InChI is InChI=1S/C15H16ClN5O2/c1-9-3-4-10(7-11(9)16)15(23)20(2)8-12-18-19-13-14(22)17-5-6-21(12)13/h3-4,7H,5-6,8H2,1-2H3,(H,17,22). The zero-order valence-electron chi connectivity index (χ0n) is 12.8. The third-order valence-electron chi connectivity index (χ3n) is 3.80. The Morgan fingerprint density at radius 1 is 1.43 bits per heavy atom. The van der Waals surface area contributed by atoms with E-state index < -0.39 is 0 Å². The summed E-state index contributed by atoms with van der Waals surface area (Å²) in [5.41, 5.74) is 1.43. The Labute approximate surface area is 138 Å². The van der Waals surface area contributed by atoms with Gasteiger partial charge in [0, 0.05) is 30.7 Å². The minimum Gasteiger partial charge on any atom is -0.348 e. The highest BCUT2D eigenvalue weighted by Gasteiger charge is 2.24. The van der Waals surface area contributed by atoms with Crippen LogP contribution in [-0.4, -0.2) is 45.1 Å². The maximum atomic E-state index is 12.5. The summed E-state index contributed by atoms with van der Waals surface area (Å²) in [6, 6.07) is 5.21. The molecular formula is C15H16ClN5O2. The van der Waals surface area contributed by atoms with Crippen LogP contribution >= 0.6 is 11.6 Å². The van der Waals surface area contributed by atoms with E-state index in [9.17, 15) is 9.59 Å². The van der Waals surface area contributed by atoms with Gasteiger partial charge in [-0.1, -0.05) is 17.7 Å². The van der Waals surface area contributed by atoms with Gasteiger partial charge in [-0.2, -0.15) is 0 Å². The minimum absolute atomic E-state index is 0.162. The molecule has 2 aromatic rings. The van der Waals surface area contributed by atoms with Crippen LogP contribution in [-0.2, 0) is 13.1 Å². The molecule has 8 heteroatoms. The SMILES string of the molecule is Cc1ccc(C(=O)N(C)Cc2nnc3n2CCNC3=O)cc1Cl. The first-order valence-electron chi connectivity index (χ1n) is 7.19. The smallest absolute Gasteiger partial charge is 0.289 e. The van der Waals surface area contributed by atoms with E-state index in [-0.39, 0.29) is 24.2 Å². The first-order chi connectivity index (χ1) is 11.0. The molecule has 1 aliphatic heterocycles. The Bertz CT molecular complexity index is 786. The van der Waals surface area contributed by atoms with Gasteiger partial charge in [-0.15, -0.1) is 10.2 Å². The molecule has 0 unspecified atom stereocenters. The van der Waals surface area contributed by atoms with E-state index in [4.69, 9.17) is 11.6 Å². The van der Waals surface area contributed by atoms with Crippen molar-refractivity contribution >= 4 is 23.4 Å². The Balaban J connectivity index is 1.79. The summed E-state index contributed by atoms with van der Waals surface area (Å²) in [5, 5.41) is 11.2. The van der Waals surface area contributed by atoms with Crippen LogP contribution in [0.1, 0.15) is 32.4 Å². The molecule has 7 nitrogen and oxygen atoms in total. The predicted octanol–water partition coefficient (Wildman–Crippen LogP) is 1.26. The zero-order valence-corrected chi connectivity index (χ0v) is 13.6. The summed E-state index contributed by atoms with van der Waals surface area (Å²) < 4.78 is 1.74. The number of aryl methyl sites for hydroxylation is 1. The molecule has 2 heterocycles. The van der Waals surface area contributed by atoms with Gasteiger partial charge in [-0.25, -0.2) is 0 Å². The van der Waals surface area contributed by atoms with Gasteiger partial charge in [0.15, 0.2) is 5.82 Å². The van der Waals surface area contributed by atoms with Crippen LogP contribution in [0.4, 0.5) is 0 Å². The van der Waals surface area contributed by atoms with E-state index in [2.05, 4.69) is 15.5 Å². The molecule has 2 amide bonds. The predicted molar refractivity (Wildman–Crippen MR) is 84.3 cm³/mol. The lowest BCUT2D eigenvalue weighted by molar-refractivity contribution is 0.0780. The number of aromatic nitrogens is 3. The molecule has 0 atom stereocenters. The van der Waals surface area contributed by atoms with Gasteiger partial charge in [0.05, 0.1) is 6.54 Å². The Kier molecular flexibility index (Phi) is 4.04. The molecule has 0 radical (unpaired) electrons. The topological polar surface area (TPSA) is 80.1 Å². The number of carbonyl (C=O) groups excluding carboxylic acids is 2. The summed E-state index contributed by atoms with van der Waals surface area (Å²) in [4.78, 5) is 25.7. The number of fused-ring (bicyclic) bond motifs is 1. The molecule has 1 N–H and O–H groups in total. The van der Waals surface area contributed by atoms with Crippen molar-refractivity contribution in [1.82, 2.24) is 25.0 Å². The van der Waals surface area contributed by atoms with Crippen molar-refractivity contribution in [2.75, 3.05) is 13.6 Å². The largest absolute Gasteiger partial charge is 0.348 e. The third-order valence-corrected chi connectivity index (χ3v) is 4.20. The van der Waals surface area contributed by atoms with Crippen molar-refractivity contribution in [3.05, 3.63) is 46.0 Å². The van der Waals surface area contributed by atoms with Gasteiger partial charge < -0.3 is 14.8 Å². The molecule has 3 rings (SSSR count). The summed E-state index contributed by atoms with van der Waals surface area (Å²) in [5.74, 6) is 0.466. The van der Waals surface area contributed by atoms with Crippen LogP contribution in [0.2, 0.25) is 5.02 Å².